The second-order valence-electron chi connectivity index (χ2n) is 13.3. The minimum absolute atomic E-state index is 0.454. The summed E-state index contributed by atoms with van der Waals surface area (Å²) in [5.41, 5.74) is 4.41. The van der Waals surface area contributed by atoms with E-state index in [9.17, 15) is 0 Å². The molecule has 0 amide bonds. The van der Waals surface area contributed by atoms with E-state index in [1.54, 1.807) is 28.4 Å². The van der Waals surface area contributed by atoms with Gasteiger partial charge in [-0.3, -0.25) is 0 Å². The van der Waals surface area contributed by atoms with Gasteiger partial charge in [0.2, 0.25) is 0 Å². The first-order valence-corrected chi connectivity index (χ1v) is 17.6. The zero-order valence-electron chi connectivity index (χ0n) is 29.9. The molecule has 8 aromatic carbocycles. The van der Waals surface area contributed by atoms with E-state index >= 15 is 0 Å². The second-order valence-corrected chi connectivity index (χ2v) is 13.3. The Bertz CT molecular complexity index is 2230. The van der Waals surface area contributed by atoms with Crippen molar-refractivity contribution < 1.29 is 37.9 Å². The Morgan fingerprint density at radius 1 is 0.308 bits per heavy atom. The van der Waals surface area contributed by atoms with Crippen LogP contribution < -0.4 is 18.9 Å². The molecule has 8 nitrogen and oxygen atoms in total. The van der Waals surface area contributed by atoms with E-state index in [1.807, 2.05) is 0 Å². The van der Waals surface area contributed by atoms with Crippen LogP contribution >= 0.6 is 0 Å². The van der Waals surface area contributed by atoms with Crippen molar-refractivity contribution in [2.75, 3.05) is 54.9 Å². The summed E-state index contributed by atoms with van der Waals surface area (Å²) in [7, 11) is 6.78. The van der Waals surface area contributed by atoms with Gasteiger partial charge in [-0.05, 0) is 43.8 Å². The number of methoxy groups -OCH3 is 4. The van der Waals surface area contributed by atoms with Crippen LogP contribution in [0, 0.1) is 0 Å². The summed E-state index contributed by atoms with van der Waals surface area (Å²) in [4.78, 5) is 0. The number of rotatable bonds is 4. The molecule has 0 aliphatic carbocycles. The van der Waals surface area contributed by atoms with Gasteiger partial charge in [-0.1, -0.05) is 72.8 Å². The van der Waals surface area contributed by atoms with Crippen LogP contribution in [-0.4, -0.2) is 54.9 Å². The zero-order valence-corrected chi connectivity index (χ0v) is 29.9. The normalized spacial score (nSPS) is 15.2. The van der Waals surface area contributed by atoms with E-state index < -0.39 is 0 Å². The van der Waals surface area contributed by atoms with E-state index in [-0.39, 0.29) is 0 Å². The Morgan fingerprint density at radius 2 is 0.519 bits per heavy atom. The van der Waals surface area contributed by atoms with Crippen LogP contribution in [0.1, 0.15) is 22.3 Å². The average molecular weight is 697 g/mol. The van der Waals surface area contributed by atoms with Gasteiger partial charge in [0.25, 0.3) is 0 Å². The molecule has 1 aliphatic heterocycles. The third-order valence-electron chi connectivity index (χ3n) is 10.7. The molecule has 9 rings (SSSR count). The van der Waals surface area contributed by atoms with Crippen LogP contribution in [0.15, 0.2) is 72.8 Å². The summed E-state index contributed by atoms with van der Waals surface area (Å²) in [5, 5.41) is 13.1. The third kappa shape index (κ3) is 5.04. The molecular weight excluding hydrogens is 656 g/mol. The summed E-state index contributed by atoms with van der Waals surface area (Å²) < 4.78 is 48.8. The lowest BCUT2D eigenvalue weighted by molar-refractivity contribution is 0.0345. The predicted octanol–water partition coefficient (Wildman–Crippen LogP) is 9.30. The lowest BCUT2D eigenvalue weighted by Crippen LogP contribution is -2.07. The van der Waals surface area contributed by atoms with Gasteiger partial charge in [0.05, 0.1) is 81.3 Å². The van der Waals surface area contributed by atoms with Crippen molar-refractivity contribution in [1.29, 1.82) is 0 Å². The number of hydrogen-bond acceptors (Lipinski definition) is 8. The molecule has 0 saturated carbocycles. The molecule has 8 heteroatoms. The first kappa shape index (κ1) is 32.8. The molecular formula is C44H40O8. The van der Waals surface area contributed by atoms with Crippen LogP contribution in [-0.2, 0) is 45.4 Å². The molecule has 8 aromatic rings. The predicted molar refractivity (Wildman–Crippen MR) is 205 cm³/mol. The van der Waals surface area contributed by atoms with Gasteiger partial charge in [0.1, 0.15) is 0 Å². The maximum atomic E-state index is 6.25. The lowest BCUT2D eigenvalue weighted by Gasteiger charge is -2.21. The fourth-order valence-corrected chi connectivity index (χ4v) is 8.35. The van der Waals surface area contributed by atoms with Gasteiger partial charge in [0.15, 0.2) is 23.0 Å². The Labute approximate surface area is 301 Å². The first-order valence-electron chi connectivity index (χ1n) is 17.6. The van der Waals surface area contributed by atoms with Gasteiger partial charge < -0.3 is 37.9 Å². The fraction of sp³-hybridized carbons (Fsp3) is 0.273. The van der Waals surface area contributed by atoms with Crippen LogP contribution in [0.2, 0.25) is 0 Å². The molecule has 0 atom stereocenters. The highest BCUT2D eigenvalue weighted by Crippen LogP contribution is 2.50. The summed E-state index contributed by atoms with van der Waals surface area (Å²) in [6.07, 6.45) is 0. The van der Waals surface area contributed by atoms with Crippen molar-refractivity contribution in [3.63, 3.8) is 0 Å². The highest BCUT2D eigenvalue weighted by Gasteiger charge is 2.23. The molecule has 4 bridgehead atoms. The van der Waals surface area contributed by atoms with Crippen molar-refractivity contribution in [3.8, 4) is 23.0 Å². The van der Waals surface area contributed by atoms with Gasteiger partial charge in [0, 0.05) is 43.1 Å². The highest BCUT2D eigenvalue weighted by molar-refractivity contribution is 6.28. The molecule has 52 heavy (non-hydrogen) atoms. The fourth-order valence-electron chi connectivity index (χ4n) is 8.35. The van der Waals surface area contributed by atoms with E-state index in [0.717, 1.165) is 110 Å². The maximum Gasteiger partial charge on any atom is 0.169 e. The monoisotopic (exact) mass is 696 g/mol. The quantitative estimate of drug-likeness (QED) is 0.169. The molecule has 0 radical (unpaired) electrons. The van der Waals surface area contributed by atoms with Crippen LogP contribution in [0.3, 0.4) is 0 Å². The Morgan fingerprint density at radius 3 is 0.731 bits per heavy atom. The molecule has 1 heterocycles. The maximum absolute atomic E-state index is 6.25. The van der Waals surface area contributed by atoms with E-state index in [0.29, 0.717) is 52.9 Å². The van der Waals surface area contributed by atoms with E-state index in [4.69, 9.17) is 37.9 Å². The summed E-state index contributed by atoms with van der Waals surface area (Å²) >= 11 is 0. The summed E-state index contributed by atoms with van der Waals surface area (Å²) in [6.45, 7) is 3.65. The average Bonchev–Trinajstić information content (AvgIpc) is 3.18. The molecule has 0 unspecified atom stereocenters. The van der Waals surface area contributed by atoms with Gasteiger partial charge in [-0.15, -0.1) is 0 Å². The van der Waals surface area contributed by atoms with E-state index in [1.165, 1.54) is 0 Å². The number of benzene rings is 8. The standard InChI is InChI=1S/C44H40O8/c1-45-41-33-9-5-25-21-49-17-18-51-23-27-7-11-35-39-31(27)15-16-32-28(8-12-36(40(32)39)44(48-4)43(35)47-3)24-52-20-19-50-22-26-6-10-34(42(41)46-2)38-30(26)14-13-29(25)37(33)38/h5-16H,17-24H2,1-4H3. The first-order chi connectivity index (χ1) is 25.7. The minimum Gasteiger partial charge on any atom is -0.492 e. The van der Waals surface area contributed by atoms with Gasteiger partial charge >= 0.3 is 0 Å². The Balaban J connectivity index is 1.11. The molecule has 0 saturated heterocycles. The topological polar surface area (TPSA) is 73.8 Å². The second kappa shape index (κ2) is 13.5. The number of ether oxygens (including phenoxy) is 8. The van der Waals surface area contributed by atoms with Crippen molar-refractivity contribution in [3.05, 3.63) is 95.1 Å². The lowest BCUT2D eigenvalue weighted by atomic mass is 9.89. The summed E-state index contributed by atoms with van der Waals surface area (Å²) in [6, 6.07) is 25.7. The van der Waals surface area contributed by atoms with Crippen LogP contribution in [0.4, 0.5) is 0 Å². The van der Waals surface area contributed by atoms with Crippen molar-refractivity contribution in [2.45, 2.75) is 26.4 Å². The molecule has 264 valence electrons. The molecule has 1 aliphatic rings. The Hall–Kier alpha value is -5.12. The molecule has 0 aromatic heterocycles. The van der Waals surface area contributed by atoms with Crippen molar-refractivity contribution in [1.82, 2.24) is 0 Å². The van der Waals surface area contributed by atoms with Gasteiger partial charge in [-0.2, -0.15) is 0 Å². The van der Waals surface area contributed by atoms with E-state index in [2.05, 4.69) is 72.8 Å². The Kier molecular flexibility index (Phi) is 8.48. The molecule has 0 fully saturated rings. The smallest absolute Gasteiger partial charge is 0.169 e. The van der Waals surface area contributed by atoms with Crippen LogP contribution in [0.5, 0.6) is 23.0 Å². The number of fused-ring (bicyclic) bond motifs is 2. The third-order valence-corrected chi connectivity index (χ3v) is 10.7. The van der Waals surface area contributed by atoms with Crippen molar-refractivity contribution >= 4 is 64.6 Å². The van der Waals surface area contributed by atoms with Crippen molar-refractivity contribution in [2.24, 2.45) is 0 Å². The largest absolute Gasteiger partial charge is 0.492 e. The number of hydrogen-bond donors (Lipinski definition) is 0. The van der Waals surface area contributed by atoms with Gasteiger partial charge in [-0.25, -0.2) is 0 Å². The highest BCUT2D eigenvalue weighted by atomic mass is 16.5. The SMILES string of the molecule is COc1c(OC)c2ccc3c4ccc5c(ccc1c5c42)COCCOCc1ccc2c(OC)c(OC)c4ccc(c5ccc1c2c54)COCCOC3. The molecule has 0 N–H and O–H groups in total. The van der Waals surface area contributed by atoms with Crippen LogP contribution in [0.25, 0.3) is 64.6 Å². The summed E-state index contributed by atoms with van der Waals surface area (Å²) in [5.74, 6) is 2.91. The minimum atomic E-state index is 0.454. The molecule has 0 spiro atoms. The zero-order chi connectivity index (χ0) is 35.3.